The molecular weight excluding hydrogens is 252 g/mol. The van der Waals surface area contributed by atoms with Gasteiger partial charge >= 0.3 is 0 Å². The lowest BCUT2D eigenvalue weighted by atomic mass is 10.1. The first-order chi connectivity index (χ1) is 9.41. The second kappa shape index (κ2) is 8.02. The summed E-state index contributed by atoms with van der Waals surface area (Å²) in [5, 5.41) is 12.9. The molecule has 0 spiro atoms. The summed E-state index contributed by atoms with van der Waals surface area (Å²) in [5.74, 6) is 0.285. The van der Waals surface area contributed by atoms with Crippen LogP contribution in [0.4, 0.5) is 5.69 Å². The van der Waals surface area contributed by atoms with Crippen LogP contribution in [0.2, 0.25) is 0 Å². The number of nitrogens with zero attached hydrogens (tertiary/aromatic N) is 1. The van der Waals surface area contributed by atoms with Gasteiger partial charge in [-0.3, -0.25) is 4.79 Å². The molecule has 0 bridgehead atoms. The Morgan fingerprint density at radius 3 is 2.40 bits per heavy atom. The number of hydrogen-bond donors (Lipinski definition) is 2. The van der Waals surface area contributed by atoms with Crippen molar-refractivity contribution in [3.8, 4) is 0 Å². The Kier molecular flexibility index (Phi) is 6.68. The Morgan fingerprint density at radius 2 is 1.85 bits per heavy atom. The monoisotopic (exact) mass is 278 g/mol. The molecule has 20 heavy (non-hydrogen) atoms. The molecule has 2 unspecified atom stereocenters. The number of aliphatic hydroxyl groups is 1. The zero-order chi connectivity index (χ0) is 15.1. The van der Waals surface area contributed by atoms with E-state index in [4.69, 9.17) is 0 Å². The molecule has 0 fully saturated rings. The highest BCUT2D eigenvalue weighted by Crippen LogP contribution is 2.12. The lowest BCUT2D eigenvalue weighted by Gasteiger charge is -2.22. The van der Waals surface area contributed by atoms with E-state index in [2.05, 4.69) is 5.32 Å². The third-order valence-electron chi connectivity index (χ3n) is 3.44. The van der Waals surface area contributed by atoms with Crippen molar-refractivity contribution in [2.75, 3.05) is 18.5 Å². The van der Waals surface area contributed by atoms with Gasteiger partial charge in [-0.05, 0) is 25.0 Å². The van der Waals surface area contributed by atoms with Gasteiger partial charge in [0.15, 0.2) is 0 Å². The van der Waals surface area contributed by atoms with Gasteiger partial charge in [0.05, 0.1) is 6.10 Å². The Morgan fingerprint density at radius 1 is 1.25 bits per heavy atom. The Labute approximate surface area is 121 Å². The van der Waals surface area contributed by atoms with E-state index in [1.807, 2.05) is 51.1 Å². The van der Waals surface area contributed by atoms with Crippen LogP contribution in [0.1, 0.15) is 27.2 Å². The maximum Gasteiger partial charge on any atom is 0.228 e. The van der Waals surface area contributed by atoms with E-state index in [0.29, 0.717) is 13.0 Å². The Hall–Kier alpha value is -1.39. The van der Waals surface area contributed by atoms with Gasteiger partial charge < -0.3 is 15.3 Å². The molecule has 1 rings (SSSR count). The van der Waals surface area contributed by atoms with Crippen molar-refractivity contribution >= 4 is 11.6 Å². The van der Waals surface area contributed by atoms with Crippen molar-refractivity contribution in [2.45, 2.75) is 39.3 Å². The topological polar surface area (TPSA) is 52.6 Å². The highest BCUT2D eigenvalue weighted by molar-refractivity contribution is 5.93. The molecule has 4 nitrogen and oxygen atoms in total. The summed E-state index contributed by atoms with van der Waals surface area (Å²) in [6.07, 6.45) is 0.0374. The molecule has 112 valence electrons. The zero-order valence-corrected chi connectivity index (χ0v) is 12.8. The standard InChI is InChI=1S/C16H26N2O2/c1-12(2)15(19)11-17-13(3)10-16(20)18(4)14-8-6-5-7-9-14/h5-9,12-13,15,17,19H,10-11H2,1-4H3. The molecule has 0 aliphatic heterocycles. The van der Waals surface area contributed by atoms with Crippen LogP contribution in [0.5, 0.6) is 0 Å². The number of para-hydroxylation sites is 1. The van der Waals surface area contributed by atoms with Crippen LogP contribution in [0.3, 0.4) is 0 Å². The number of benzene rings is 1. The first kappa shape index (κ1) is 16.7. The van der Waals surface area contributed by atoms with Crippen molar-refractivity contribution in [3.63, 3.8) is 0 Å². The summed E-state index contributed by atoms with van der Waals surface area (Å²) in [6, 6.07) is 9.64. The molecule has 1 aromatic carbocycles. The lowest BCUT2D eigenvalue weighted by molar-refractivity contribution is -0.118. The van der Waals surface area contributed by atoms with Gasteiger partial charge in [-0.1, -0.05) is 32.0 Å². The minimum Gasteiger partial charge on any atom is -0.392 e. The summed E-state index contributed by atoms with van der Waals surface area (Å²) < 4.78 is 0. The number of amides is 1. The number of hydrogen-bond acceptors (Lipinski definition) is 3. The van der Waals surface area contributed by atoms with E-state index < -0.39 is 0 Å². The second-order valence-electron chi connectivity index (χ2n) is 5.61. The molecule has 4 heteroatoms. The first-order valence-electron chi connectivity index (χ1n) is 7.15. The number of carbonyl (C=O) groups excluding carboxylic acids is 1. The number of rotatable bonds is 7. The second-order valence-corrected chi connectivity index (χ2v) is 5.61. The van der Waals surface area contributed by atoms with Gasteiger partial charge in [-0.25, -0.2) is 0 Å². The van der Waals surface area contributed by atoms with E-state index in [9.17, 15) is 9.90 Å². The van der Waals surface area contributed by atoms with Crippen LogP contribution in [-0.2, 0) is 4.79 Å². The predicted molar refractivity (Wildman–Crippen MR) is 82.8 cm³/mol. The predicted octanol–water partition coefficient (Wildman–Crippen LogP) is 2.03. The average molecular weight is 278 g/mol. The summed E-state index contributed by atoms with van der Waals surface area (Å²) in [7, 11) is 1.79. The molecule has 0 aromatic heterocycles. The fourth-order valence-electron chi connectivity index (χ4n) is 1.82. The van der Waals surface area contributed by atoms with Crippen molar-refractivity contribution in [2.24, 2.45) is 5.92 Å². The molecular formula is C16H26N2O2. The lowest BCUT2D eigenvalue weighted by Crippen LogP contribution is -2.39. The van der Waals surface area contributed by atoms with Crippen molar-refractivity contribution in [3.05, 3.63) is 30.3 Å². The highest BCUT2D eigenvalue weighted by Gasteiger charge is 2.16. The summed E-state index contributed by atoms with van der Waals surface area (Å²) in [5.41, 5.74) is 0.895. The fraction of sp³-hybridized carbons (Fsp3) is 0.562. The SMILES string of the molecule is CC(CC(=O)N(C)c1ccccc1)NCC(O)C(C)C. The van der Waals surface area contributed by atoms with Gasteiger partial charge in [-0.15, -0.1) is 0 Å². The van der Waals surface area contributed by atoms with E-state index in [-0.39, 0.29) is 24.0 Å². The highest BCUT2D eigenvalue weighted by atomic mass is 16.3. The van der Waals surface area contributed by atoms with Crippen LogP contribution < -0.4 is 10.2 Å². The van der Waals surface area contributed by atoms with Crippen LogP contribution in [-0.4, -0.2) is 36.8 Å². The van der Waals surface area contributed by atoms with Crippen molar-refractivity contribution < 1.29 is 9.90 Å². The van der Waals surface area contributed by atoms with Crippen LogP contribution in [0.15, 0.2) is 30.3 Å². The quantitative estimate of drug-likeness (QED) is 0.802. The van der Waals surface area contributed by atoms with E-state index >= 15 is 0 Å². The Bertz CT molecular complexity index is 406. The fourth-order valence-corrected chi connectivity index (χ4v) is 1.82. The zero-order valence-electron chi connectivity index (χ0n) is 12.8. The first-order valence-corrected chi connectivity index (χ1v) is 7.15. The van der Waals surface area contributed by atoms with E-state index in [1.54, 1.807) is 11.9 Å². The summed E-state index contributed by atoms with van der Waals surface area (Å²) in [4.78, 5) is 13.8. The van der Waals surface area contributed by atoms with E-state index in [0.717, 1.165) is 5.69 Å². The third kappa shape index (κ3) is 5.31. The molecule has 0 aliphatic carbocycles. The van der Waals surface area contributed by atoms with Gasteiger partial charge in [-0.2, -0.15) is 0 Å². The van der Waals surface area contributed by atoms with Crippen molar-refractivity contribution in [1.29, 1.82) is 0 Å². The normalized spacial score (nSPS) is 14.1. The van der Waals surface area contributed by atoms with Crippen LogP contribution in [0.25, 0.3) is 0 Å². The average Bonchev–Trinajstić information content (AvgIpc) is 2.44. The minimum atomic E-state index is -0.376. The van der Waals surface area contributed by atoms with Gasteiger partial charge in [0.1, 0.15) is 0 Å². The molecule has 1 aromatic rings. The number of nitrogens with one attached hydrogen (secondary N) is 1. The number of aliphatic hydroxyl groups excluding tert-OH is 1. The number of carbonyl (C=O) groups is 1. The Balaban J connectivity index is 2.42. The molecule has 2 N–H and O–H groups in total. The molecule has 0 aliphatic rings. The van der Waals surface area contributed by atoms with Crippen LogP contribution >= 0.6 is 0 Å². The molecule has 0 saturated carbocycles. The van der Waals surface area contributed by atoms with Gasteiger partial charge in [0.2, 0.25) is 5.91 Å². The smallest absolute Gasteiger partial charge is 0.228 e. The van der Waals surface area contributed by atoms with E-state index in [1.165, 1.54) is 0 Å². The maximum atomic E-state index is 12.2. The maximum absolute atomic E-state index is 12.2. The largest absolute Gasteiger partial charge is 0.392 e. The molecule has 0 radical (unpaired) electrons. The molecule has 0 saturated heterocycles. The number of anilines is 1. The summed E-state index contributed by atoms with van der Waals surface area (Å²) in [6.45, 7) is 6.43. The summed E-state index contributed by atoms with van der Waals surface area (Å²) >= 11 is 0. The van der Waals surface area contributed by atoms with Crippen LogP contribution in [0, 0.1) is 5.92 Å². The molecule has 2 atom stereocenters. The van der Waals surface area contributed by atoms with Gasteiger partial charge in [0.25, 0.3) is 0 Å². The minimum absolute atomic E-state index is 0.0436. The third-order valence-corrected chi connectivity index (χ3v) is 3.44. The van der Waals surface area contributed by atoms with Crippen molar-refractivity contribution in [1.82, 2.24) is 5.32 Å². The molecule has 0 heterocycles. The van der Waals surface area contributed by atoms with Gasteiger partial charge in [0, 0.05) is 31.7 Å². The molecule has 1 amide bonds.